The Morgan fingerprint density at radius 3 is 3.00 bits per heavy atom. The molecule has 0 aliphatic carbocycles. The quantitative estimate of drug-likeness (QED) is 0.565. The molecule has 0 atom stereocenters. The molecule has 0 aromatic carbocycles. The van der Waals surface area contributed by atoms with Gasteiger partial charge in [0.05, 0.1) is 13.3 Å². The topological polar surface area (TPSA) is 55.0 Å². The van der Waals surface area contributed by atoms with Crippen LogP contribution < -0.4 is 10.4 Å². The lowest BCUT2D eigenvalue weighted by Gasteiger charge is -1.93. The maximum Gasteiger partial charge on any atom is 0.345 e. The summed E-state index contributed by atoms with van der Waals surface area (Å²) in [6, 6.07) is 0. The molecular weight excluding hydrogens is 120 g/mol. The standard InChI is InChI=1S/C5H6N2O2/c1-9-4-2-6-5(8)7-3-4/h2-3H,1H3,(H,6,7,8). The zero-order valence-corrected chi connectivity index (χ0v) is 4.92. The average Bonchev–Trinajstić information content (AvgIpc) is 1.90. The van der Waals surface area contributed by atoms with Crippen LogP contribution in [0.2, 0.25) is 0 Å². The average molecular weight is 126 g/mol. The number of hydrogen-bond acceptors (Lipinski definition) is 3. The number of ether oxygens (including phenoxy) is 1. The second-order valence-corrected chi connectivity index (χ2v) is 1.46. The molecule has 4 heteroatoms. The molecule has 0 amide bonds. The van der Waals surface area contributed by atoms with Crippen molar-refractivity contribution in [2.24, 2.45) is 0 Å². The lowest BCUT2D eigenvalue weighted by atomic mass is 10.6. The van der Waals surface area contributed by atoms with Crippen LogP contribution in [0.5, 0.6) is 5.75 Å². The van der Waals surface area contributed by atoms with Gasteiger partial charge in [-0.25, -0.2) is 4.79 Å². The van der Waals surface area contributed by atoms with Crippen LogP contribution in [0, 0.1) is 0 Å². The largest absolute Gasteiger partial charge is 0.494 e. The Kier molecular flexibility index (Phi) is 1.48. The fourth-order valence-corrected chi connectivity index (χ4v) is 0.441. The Balaban J connectivity index is 3.02. The van der Waals surface area contributed by atoms with Gasteiger partial charge < -0.3 is 9.72 Å². The van der Waals surface area contributed by atoms with Gasteiger partial charge >= 0.3 is 5.69 Å². The highest BCUT2D eigenvalue weighted by Gasteiger charge is 1.86. The van der Waals surface area contributed by atoms with Crippen molar-refractivity contribution in [3.05, 3.63) is 22.9 Å². The van der Waals surface area contributed by atoms with Crippen molar-refractivity contribution in [2.75, 3.05) is 7.11 Å². The van der Waals surface area contributed by atoms with Gasteiger partial charge in [0.15, 0.2) is 5.75 Å². The molecule has 0 aliphatic heterocycles. The number of aromatic amines is 1. The molecule has 0 spiro atoms. The van der Waals surface area contributed by atoms with Crippen molar-refractivity contribution in [3.63, 3.8) is 0 Å². The molecule has 1 N–H and O–H groups in total. The van der Waals surface area contributed by atoms with Crippen molar-refractivity contribution in [2.45, 2.75) is 0 Å². The van der Waals surface area contributed by atoms with Crippen LogP contribution in [0.15, 0.2) is 17.2 Å². The maximum absolute atomic E-state index is 10.3. The summed E-state index contributed by atoms with van der Waals surface area (Å²) in [4.78, 5) is 16.1. The highest BCUT2D eigenvalue weighted by Crippen LogP contribution is 1.98. The van der Waals surface area contributed by atoms with E-state index in [4.69, 9.17) is 4.74 Å². The Morgan fingerprint density at radius 2 is 2.56 bits per heavy atom. The molecule has 4 nitrogen and oxygen atoms in total. The minimum absolute atomic E-state index is 0.365. The summed E-state index contributed by atoms with van der Waals surface area (Å²) in [6.45, 7) is 0. The number of rotatable bonds is 1. The summed E-state index contributed by atoms with van der Waals surface area (Å²) in [6.07, 6.45) is 2.81. The molecule has 1 rings (SSSR count). The summed E-state index contributed by atoms with van der Waals surface area (Å²) >= 11 is 0. The lowest BCUT2D eigenvalue weighted by Crippen LogP contribution is -2.07. The van der Waals surface area contributed by atoms with Crippen molar-refractivity contribution in [1.29, 1.82) is 0 Å². The van der Waals surface area contributed by atoms with Gasteiger partial charge in [0, 0.05) is 6.20 Å². The van der Waals surface area contributed by atoms with E-state index in [2.05, 4.69) is 9.97 Å². The number of H-pyrrole nitrogens is 1. The Hall–Kier alpha value is -1.32. The first-order valence-corrected chi connectivity index (χ1v) is 2.41. The van der Waals surface area contributed by atoms with Crippen LogP contribution in [0.3, 0.4) is 0 Å². The monoisotopic (exact) mass is 126 g/mol. The molecule has 0 saturated carbocycles. The highest BCUT2D eigenvalue weighted by atomic mass is 16.5. The van der Waals surface area contributed by atoms with Crippen molar-refractivity contribution in [1.82, 2.24) is 9.97 Å². The molecule has 1 aromatic rings. The predicted octanol–water partition coefficient (Wildman–Crippen LogP) is -0.222. The zero-order chi connectivity index (χ0) is 6.69. The van der Waals surface area contributed by atoms with Gasteiger partial charge in [-0.1, -0.05) is 0 Å². The Labute approximate surface area is 51.5 Å². The molecule has 0 radical (unpaired) electrons. The van der Waals surface area contributed by atoms with E-state index in [0.717, 1.165) is 0 Å². The van der Waals surface area contributed by atoms with Crippen molar-refractivity contribution in [3.8, 4) is 5.75 Å². The van der Waals surface area contributed by atoms with Gasteiger partial charge in [0.1, 0.15) is 0 Å². The molecule has 48 valence electrons. The van der Waals surface area contributed by atoms with E-state index in [0.29, 0.717) is 5.75 Å². The van der Waals surface area contributed by atoms with Crippen LogP contribution in [-0.2, 0) is 0 Å². The number of nitrogens with zero attached hydrogens (tertiary/aromatic N) is 1. The van der Waals surface area contributed by atoms with Gasteiger partial charge in [-0.2, -0.15) is 4.98 Å². The van der Waals surface area contributed by atoms with Crippen LogP contribution in [0.1, 0.15) is 0 Å². The van der Waals surface area contributed by atoms with Gasteiger partial charge in [0.2, 0.25) is 0 Å². The summed E-state index contributed by atoms with van der Waals surface area (Å²) in [5, 5.41) is 0. The van der Waals surface area contributed by atoms with Gasteiger partial charge in [-0.05, 0) is 0 Å². The van der Waals surface area contributed by atoms with Crippen molar-refractivity contribution >= 4 is 0 Å². The fraction of sp³-hybridized carbons (Fsp3) is 0.200. The van der Waals surface area contributed by atoms with Gasteiger partial charge in [-0.3, -0.25) is 0 Å². The summed E-state index contributed by atoms with van der Waals surface area (Å²) < 4.78 is 4.74. The van der Waals surface area contributed by atoms with Gasteiger partial charge in [0.25, 0.3) is 0 Å². The zero-order valence-electron chi connectivity index (χ0n) is 4.92. The fourth-order valence-electron chi connectivity index (χ4n) is 0.441. The molecule has 0 unspecified atom stereocenters. The van der Waals surface area contributed by atoms with E-state index in [1.807, 2.05) is 0 Å². The number of nitrogens with one attached hydrogen (secondary N) is 1. The molecular formula is C5H6N2O2. The van der Waals surface area contributed by atoms with E-state index >= 15 is 0 Å². The molecule has 1 aromatic heterocycles. The molecule has 0 saturated heterocycles. The third-order valence-electron chi connectivity index (χ3n) is 0.883. The summed E-state index contributed by atoms with van der Waals surface area (Å²) in [5.74, 6) is 0.551. The second kappa shape index (κ2) is 2.30. The minimum Gasteiger partial charge on any atom is -0.494 e. The molecule has 0 fully saturated rings. The van der Waals surface area contributed by atoms with Gasteiger partial charge in [-0.15, -0.1) is 0 Å². The Morgan fingerprint density at radius 1 is 1.78 bits per heavy atom. The maximum atomic E-state index is 10.3. The first kappa shape index (κ1) is 5.81. The van der Waals surface area contributed by atoms with E-state index in [1.54, 1.807) is 0 Å². The number of hydrogen-bond donors (Lipinski definition) is 1. The molecule has 1 heterocycles. The third-order valence-corrected chi connectivity index (χ3v) is 0.883. The van der Waals surface area contributed by atoms with E-state index in [-0.39, 0.29) is 5.69 Å². The normalized spacial score (nSPS) is 9.00. The van der Waals surface area contributed by atoms with E-state index in [1.165, 1.54) is 19.5 Å². The number of aromatic nitrogens is 2. The predicted molar refractivity (Wildman–Crippen MR) is 31.4 cm³/mol. The van der Waals surface area contributed by atoms with Crippen LogP contribution in [0.4, 0.5) is 0 Å². The van der Waals surface area contributed by atoms with Crippen LogP contribution in [0.25, 0.3) is 0 Å². The smallest absolute Gasteiger partial charge is 0.345 e. The molecule has 0 aliphatic rings. The van der Waals surface area contributed by atoms with E-state index < -0.39 is 0 Å². The van der Waals surface area contributed by atoms with Crippen LogP contribution >= 0.6 is 0 Å². The summed E-state index contributed by atoms with van der Waals surface area (Å²) in [5.41, 5.74) is -0.365. The Bertz CT molecular complexity index is 222. The summed E-state index contributed by atoms with van der Waals surface area (Å²) in [7, 11) is 1.51. The SMILES string of the molecule is COc1cnc(=O)[nH]c1. The minimum atomic E-state index is -0.365. The van der Waals surface area contributed by atoms with Crippen LogP contribution in [-0.4, -0.2) is 17.1 Å². The first-order chi connectivity index (χ1) is 4.33. The second-order valence-electron chi connectivity index (χ2n) is 1.46. The molecule has 0 bridgehead atoms. The van der Waals surface area contributed by atoms with E-state index in [9.17, 15) is 4.79 Å². The highest BCUT2D eigenvalue weighted by molar-refractivity contribution is 5.09. The lowest BCUT2D eigenvalue weighted by molar-refractivity contribution is 0.410. The number of methoxy groups -OCH3 is 1. The van der Waals surface area contributed by atoms with Crippen molar-refractivity contribution < 1.29 is 4.74 Å². The third kappa shape index (κ3) is 1.28. The first-order valence-electron chi connectivity index (χ1n) is 2.41. The molecule has 9 heavy (non-hydrogen) atoms.